The lowest BCUT2D eigenvalue weighted by atomic mass is 10.1. The second-order valence-corrected chi connectivity index (χ2v) is 6.23. The molecule has 3 aromatic rings. The largest absolute Gasteiger partial charge is 0.339 e. The minimum Gasteiger partial charge on any atom is -0.339 e. The number of likely N-dealkylation sites (tertiary alicyclic amines) is 1. The predicted molar refractivity (Wildman–Crippen MR) is 106 cm³/mol. The number of nitrogens with zero attached hydrogens (tertiary/aromatic N) is 5. The molecule has 140 valence electrons. The highest BCUT2D eigenvalue weighted by Crippen LogP contribution is 2.29. The Bertz CT molecular complexity index is 978. The first-order chi connectivity index (χ1) is 12.0. The molecule has 1 unspecified atom stereocenters. The third-order valence-corrected chi connectivity index (χ3v) is 4.62. The summed E-state index contributed by atoms with van der Waals surface area (Å²) in [6.45, 7) is 1.22. The number of rotatable bonds is 1. The van der Waals surface area contributed by atoms with E-state index in [1.807, 2.05) is 18.5 Å². The van der Waals surface area contributed by atoms with Crippen LogP contribution in [0.2, 0.25) is 0 Å². The van der Waals surface area contributed by atoms with Crippen LogP contribution >= 0.6 is 13.5 Å². The summed E-state index contributed by atoms with van der Waals surface area (Å²) in [6, 6.07) is 4.79. The lowest BCUT2D eigenvalue weighted by Crippen LogP contribution is -2.36. The molecule has 26 heavy (non-hydrogen) atoms. The van der Waals surface area contributed by atoms with Crippen LogP contribution in [-0.2, 0) is 14.1 Å². The number of pyridine rings is 1. The number of nitrogens with one attached hydrogen (secondary N) is 1. The second kappa shape index (κ2) is 8.33. The van der Waals surface area contributed by atoms with Gasteiger partial charge in [0.05, 0.1) is 6.33 Å². The Balaban J connectivity index is 0.000000180. The molecule has 3 aromatic heterocycles. The molecular formula is C17H24N6O2S. The molecule has 0 aliphatic carbocycles. The zero-order valence-corrected chi connectivity index (χ0v) is 16.1. The highest BCUT2D eigenvalue weighted by Gasteiger charge is 2.21. The van der Waals surface area contributed by atoms with Crippen LogP contribution < -0.4 is 11.2 Å². The number of H-pyrrole nitrogens is 1. The van der Waals surface area contributed by atoms with Gasteiger partial charge in [0.15, 0.2) is 5.65 Å². The average Bonchev–Trinajstić information content (AvgIpc) is 3.28. The van der Waals surface area contributed by atoms with Crippen molar-refractivity contribution >= 4 is 24.7 Å². The van der Waals surface area contributed by atoms with Crippen LogP contribution in [-0.4, -0.2) is 42.6 Å². The molecule has 4 rings (SSSR count). The SMILES string of the molecule is CN1CCCC1c1cccnc1.Cn1c(=O)c2[nH]cnc2n(C)c1=O.S. The Labute approximate surface area is 158 Å². The average molecular weight is 376 g/mol. The van der Waals surface area contributed by atoms with E-state index in [4.69, 9.17) is 0 Å². The summed E-state index contributed by atoms with van der Waals surface area (Å²) >= 11 is 0. The van der Waals surface area contributed by atoms with E-state index < -0.39 is 0 Å². The molecule has 1 fully saturated rings. The topological polar surface area (TPSA) is 88.8 Å². The fraction of sp³-hybridized carbons (Fsp3) is 0.412. The highest BCUT2D eigenvalue weighted by atomic mass is 32.1. The molecule has 1 saturated heterocycles. The van der Waals surface area contributed by atoms with Crippen molar-refractivity contribution in [2.75, 3.05) is 13.6 Å². The van der Waals surface area contributed by atoms with Crippen molar-refractivity contribution in [3.05, 3.63) is 57.3 Å². The van der Waals surface area contributed by atoms with E-state index >= 15 is 0 Å². The molecule has 8 nitrogen and oxygen atoms in total. The number of aromatic nitrogens is 5. The van der Waals surface area contributed by atoms with Gasteiger partial charge in [0.1, 0.15) is 5.52 Å². The first-order valence-corrected chi connectivity index (χ1v) is 8.20. The van der Waals surface area contributed by atoms with Crippen molar-refractivity contribution in [1.82, 2.24) is 29.0 Å². The quantitative estimate of drug-likeness (QED) is 0.682. The Hall–Kier alpha value is -2.39. The maximum atomic E-state index is 11.4. The summed E-state index contributed by atoms with van der Waals surface area (Å²) in [5.41, 5.74) is 1.37. The molecule has 0 spiro atoms. The highest BCUT2D eigenvalue weighted by molar-refractivity contribution is 7.59. The van der Waals surface area contributed by atoms with E-state index in [1.165, 1.54) is 42.9 Å². The zero-order valence-electron chi connectivity index (χ0n) is 15.1. The molecule has 0 amide bonds. The van der Waals surface area contributed by atoms with Crippen molar-refractivity contribution in [2.24, 2.45) is 14.1 Å². The molecule has 0 saturated carbocycles. The van der Waals surface area contributed by atoms with E-state index in [1.54, 1.807) is 7.05 Å². The van der Waals surface area contributed by atoms with Gasteiger partial charge < -0.3 is 4.98 Å². The third kappa shape index (κ3) is 3.73. The van der Waals surface area contributed by atoms with Gasteiger partial charge in [0, 0.05) is 32.5 Å². The number of fused-ring (bicyclic) bond motifs is 1. The van der Waals surface area contributed by atoms with Crippen LogP contribution in [0.3, 0.4) is 0 Å². The van der Waals surface area contributed by atoms with Gasteiger partial charge in [-0.3, -0.25) is 23.8 Å². The van der Waals surface area contributed by atoms with Gasteiger partial charge in [-0.1, -0.05) is 6.07 Å². The Morgan fingerprint density at radius 1 is 1.19 bits per heavy atom. The molecular weight excluding hydrogens is 352 g/mol. The summed E-state index contributed by atoms with van der Waals surface area (Å²) < 4.78 is 2.37. The Morgan fingerprint density at radius 3 is 2.58 bits per heavy atom. The summed E-state index contributed by atoms with van der Waals surface area (Å²) in [7, 11) is 5.20. The Morgan fingerprint density at radius 2 is 1.96 bits per heavy atom. The normalized spacial score (nSPS) is 16.8. The monoisotopic (exact) mass is 376 g/mol. The number of hydrogen-bond donors (Lipinski definition) is 1. The maximum Gasteiger partial charge on any atom is 0.332 e. The summed E-state index contributed by atoms with van der Waals surface area (Å²) in [5, 5.41) is 0. The van der Waals surface area contributed by atoms with Crippen LogP contribution in [0.1, 0.15) is 24.4 Å². The van der Waals surface area contributed by atoms with E-state index in [0.29, 0.717) is 17.2 Å². The summed E-state index contributed by atoms with van der Waals surface area (Å²) in [5.74, 6) is 0. The van der Waals surface area contributed by atoms with Crippen molar-refractivity contribution in [3.63, 3.8) is 0 Å². The third-order valence-electron chi connectivity index (χ3n) is 4.62. The minimum atomic E-state index is -0.371. The predicted octanol–water partition coefficient (Wildman–Crippen LogP) is 0.921. The van der Waals surface area contributed by atoms with Gasteiger partial charge in [-0.25, -0.2) is 9.78 Å². The lowest BCUT2D eigenvalue weighted by molar-refractivity contribution is 0.317. The zero-order chi connectivity index (χ0) is 18.0. The first-order valence-electron chi connectivity index (χ1n) is 8.20. The molecule has 1 atom stereocenters. The molecule has 9 heteroatoms. The van der Waals surface area contributed by atoms with Crippen LogP contribution in [0.25, 0.3) is 11.2 Å². The van der Waals surface area contributed by atoms with Crippen molar-refractivity contribution < 1.29 is 0 Å². The van der Waals surface area contributed by atoms with Gasteiger partial charge >= 0.3 is 5.69 Å². The van der Waals surface area contributed by atoms with Gasteiger partial charge in [-0.15, -0.1) is 0 Å². The number of imidazole rings is 1. The van der Waals surface area contributed by atoms with Crippen LogP contribution in [0.5, 0.6) is 0 Å². The van der Waals surface area contributed by atoms with E-state index in [2.05, 4.69) is 33.0 Å². The molecule has 1 aliphatic heterocycles. The van der Waals surface area contributed by atoms with Gasteiger partial charge in [-0.2, -0.15) is 13.5 Å². The van der Waals surface area contributed by atoms with Crippen molar-refractivity contribution in [2.45, 2.75) is 18.9 Å². The van der Waals surface area contributed by atoms with Gasteiger partial charge in [0.25, 0.3) is 5.56 Å². The molecule has 0 bridgehead atoms. The number of aromatic amines is 1. The lowest BCUT2D eigenvalue weighted by Gasteiger charge is -2.18. The van der Waals surface area contributed by atoms with Crippen molar-refractivity contribution in [3.8, 4) is 0 Å². The smallest absolute Gasteiger partial charge is 0.332 e. The van der Waals surface area contributed by atoms with E-state index in [9.17, 15) is 9.59 Å². The standard InChI is InChI=1S/C10H14N2.C7H8N4O2.H2S/c1-12-7-3-5-10(12)9-4-2-6-11-8-9;1-10-5-4(8-3-9-5)6(12)11(2)7(10)13;/h2,4,6,8,10H,3,5,7H2,1H3;3H,1-2H3,(H,8,9);1H2. The fourth-order valence-electron chi connectivity index (χ4n) is 3.17. The van der Waals surface area contributed by atoms with Crippen molar-refractivity contribution in [1.29, 1.82) is 0 Å². The minimum absolute atomic E-state index is 0. The maximum absolute atomic E-state index is 11.4. The van der Waals surface area contributed by atoms with E-state index in [-0.39, 0.29) is 24.7 Å². The molecule has 0 aromatic carbocycles. The molecule has 1 N–H and O–H groups in total. The molecule has 0 radical (unpaired) electrons. The fourth-order valence-corrected chi connectivity index (χ4v) is 3.17. The van der Waals surface area contributed by atoms with Crippen LogP contribution in [0.4, 0.5) is 0 Å². The van der Waals surface area contributed by atoms with Gasteiger partial charge in [-0.05, 0) is 38.1 Å². The van der Waals surface area contributed by atoms with Crippen LogP contribution in [0, 0.1) is 0 Å². The van der Waals surface area contributed by atoms with Crippen LogP contribution in [0.15, 0.2) is 40.4 Å². The second-order valence-electron chi connectivity index (χ2n) is 6.23. The first kappa shape index (κ1) is 19.9. The molecule has 1 aliphatic rings. The number of aryl methyl sites for hydroxylation is 1. The summed E-state index contributed by atoms with van der Waals surface area (Å²) in [4.78, 5) is 35.9. The summed E-state index contributed by atoms with van der Waals surface area (Å²) in [6.07, 6.45) is 7.80. The molecule has 4 heterocycles. The Kier molecular flexibility index (Phi) is 6.38. The van der Waals surface area contributed by atoms with E-state index in [0.717, 1.165) is 4.57 Å². The number of hydrogen-bond acceptors (Lipinski definition) is 5. The van der Waals surface area contributed by atoms with Gasteiger partial charge in [0.2, 0.25) is 0 Å².